The Hall–Kier alpha value is -1.46. The van der Waals surface area contributed by atoms with Crippen LogP contribution >= 0.6 is 0 Å². The standard InChI is InChI=1S/C14H18FNO3/c1-2-12(14(17)18)16-7-8-19-13(9-16)10-5-3-4-6-11(10)15/h3-6,12-13H,2,7-9H2,1H3,(H,17,18)/t12-,13+/m1/s1. The molecule has 2 rings (SSSR count). The van der Waals surface area contributed by atoms with Crippen molar-refractivity contribution in [1.29, 1.82) is 0 Å². The van der Waals surface area contributed by atoms with Crippen molar-refractivity contribution >= 4 is 5.97 Å². The van der Waals surface area contributed by atoms with E-state index in [1.165, 1.54) is 6.07 Å². The normalized spacial score (nSPS) is 22.1. The summed E-state index contributed by atoms with van der Waals surface area (Å²) in [6.07, 6.45) is 0.127. The second-order valence-electron chi connectivity index (χ2n) is 4.64. The van der Waals surface area contributed by atoms with E-state index in [0.29, 0.717) is 31.7 Å². The lowest BCUT2D eigenvalue weighted by Gasteiger charge is -2.36. The fraction of sp³-hybridized carbons (Fsp3) is 0.500. The SMILES string of the molecule is CC[C@H](C(=O)O)N1CCO[C@H](c2ccccc2F)C1. The third-order valence-electron chi connectivity index (χ3n) is 3.46. The fourth-order valence-electron chi connectivity index (χ4n) is 2.47. The molecular weight excluding hydrogens is 249 g/mol. The largest absolute Gasteiger partial charge is 0.480 e. The van der Waals surface area contributed by atoms with Crippen molar-refractivity contribution in [2.45, 2.75) is 25.5 Å². The maximum Gasteiger partial charge on any atom is 0.320 e. The number of hydrogen-bond acceptors (Lipinski definition) is 3. The van der Waals surface area contributed by atoms with E-state index in [2.05, 4.69) is 0 Å². The molecule has 0 unspecified atom stereocenters. The molecule has 2 atom stereocenters. The van der Waals surface area contributed by atoms with Crippen LogP contribution < -0.4 is 0 Å². The van der Waals surface area contributed by atoms with Gasteiger partial charge in [0.05, 0.1) is 12.7 Å². The zero-order valence-corrected chi connectivity index (χ0v) is 10.9. The van der Waals surface area contributed by atoms with Gasteiger partial charge in [-0.05, 0) is 12.5 Å². The van der Waals surface area contributed by atoms with E-state index in [1.54, 1.807) is 18.2 Å². The first-order valence-corrected chi connectivity index (χ1v) is 6.46. The number of benzene rings is 1. The van der Waals surface area contributed by atoms with Crippen molar-refractivity contribution in [1.82, 2.24) is 4.90 Å². The monoisotopic (exact) mass is 267 g/mol. The Morgan fingerprint density at radius 2 is 2.32 bits per heavy atom. The third-order valence-corrected chi connectivity index (χ3v) is 3.46. The lowest BCUT2D eigenvalue weighted by Crippen LogP contribution is -2.48. The minimum absolute atomic E-state index is 0.308. The summed E-state index contributed by atoms with van der Waals surface area (Å²) in [5.41, 5.74) is 0.493. The van der Waals surface area contributed by atoms with Gasteiger partial charge in [0.25, 0.3) is 0 Å². The fourth-order valence-corrected chi connectivity index (χ4v) is 2.47. The van der Waals surface area contributed by atoms with E-state index in [9.17, 15) is 14.3 Å². The van der Waals surface area contributed by atoms with Crippen molar-refractivity contribution in [2.75, 3.05) is 19.7 Å². The average molecular weight is 267 g/mol. The lowest BCUT2D eigenvalue weighted by molar-refractivity contribution is -0.147. The zero-order chi connectivity index (χ0) is 13.8. The number of morpholine rings is 1. The molecule has 5 heteroatoms. The Morgan fingerprint density at radius 1 is 1.58 bits per heavy atom. The van der Waals surface area contributed by atoms with Crippen LogP contribution in [0.2, 0.25) is 0 Å². The first kappa shape index (κ1) is 14.0. The highest BCUT2D eigenvalue weighted by Crippen LogP contribution is 2.26. The molecule has 19 heavy (non-hydrogen) atoms. The minimum atomic E-state index is -0.836. The quantitative estimate of drug-likeness (QED) is 0.907. The molecule has 1 aliphatic rings. The number of aliphatic carboxylic acids is 1. The average Bonchev–Trinajstić information content (AvgIpc) is 2.40. The molecule has 1 aliphatic heterocycles. The minimum Gasteiger partial charge on any atom is -0.480 e. The lowest BCUT2D eigenvalue weighted by atomic mass is 10.1. The number of carboxylic acids is 1. The van der Waals surface area contributed by atoms with Gasteiger partial charge in [0, 0.05) is 18.7 Å². The van der Waals surface area contributed by atoms with Crippen LogP contribution in [0.4, 0.5) is 4.39 Å². The molecule has 1 saturated heterocycles. The molecule has 0 aromatic heterocycles. The highest BCUT2D eigenvalue weighted by atomic mass is 19.1. The molecule has 0 bridgehead atoms. The maximum atomic E-state index is 13.7. The number of rotatable bonds is 4. The topological polar surface area (TPSA) is 49.8 Å². The van der Waals surface area contributed by atoms with Gasteiger partial charge in [0.1, 0.15) is 11.9 Å². The molecule has 0 amide bonds. The summed E-state index contributed by atoms with van der Waals surface area (Å²) in [5, 5.41) is 9.18. The summed E-state index contributed by atoms with van der Waals surface area (Å²) in [6, 6.07) is 5.94. The number of ether oxygens (including phenoxy) is 1. The van der Waals surface area contributed by atoms with Crippen LogP contribution in [0.25, 0.3) is 0 Å². The predicted molar refractivity (Wildman–Crippen MR) is 68.4 cm³/mol. The molecule has 1 heterocycles. The third kappa shape index (κ3) is 3.11. The Bertz CT molecular complexity index is 452. The maximum absolute atomic E-state index is 13.7. The van der Waals surface area contributed by atoms with Gasteiger partial charge in [-0.1, -0.05) is 25.1 Å². The number of carbonyl (C=O) groups is 1. The molecule has 0 radical (unpaired) electrons. The van der Waals surface area contributed by atoms with E-state index in [-0.39, 0.29) is 5.82 Å². The van der Waals surface area contributed by atoms with Crippen molar-refractivity contribution in [2.24, 2.45) is 0 Å². The molecule has 1 aromatic rings. The van der Waals surface area contributed by atoms with Crippen molar-refractivity contribution in [3.8, 4) is 0 Å². The van der Waals surface area contributed by atoms with Gasteiger partial charge in [0.2, 0.25) is 0 Å². The van der Waals surface area contributed by atoms with Crippen LogP contribution in [0.5, 0.6) is 0 Å². The van der Waals surface area contributed by atoms with E-state index in [4.69, 9.17) is 4.74 Å². The van der Waals surface area contributed by atoms with E-state index in [0.717, 1.165) is 0 Å². The summed E-state index contributed by atoms with van der Waals surface area (Å²) in [5.74, 6) is -1.14. The summed E-state index contributed by atoms with van der Waals surface area (Å²) in [6.45, 7) is 3.23. The Kier molecular flexibility index (Phi) is 4.50. The van der Waals surface area contributed by atoms with Gasteiger partial charge in [-0.25, -0.2) is 4.39 Å². The van der Waals surface area contributed by atoms with Gasteiger partial charge >= 0.3 is 5.97 Å². The van der Waals surface area contributed by atoms with E-state index < -0.39 is 18.1 Å². The van der Waals surface area contributed by atoms with E-state index in [1.807, 2.05) is 11.8 Å². The highest BCUT2D eigenvalue weighted by Gasteiger charge is 2.31. The molecule has 104 valence electrons. The van der Waals surface area contributed by atoms with Crippen molar-refractivity contribution in [3.63, 3.8) is 0 Å². The molecule has 1 N–H and O–H groups in total. The molecular formula is C14H18FNO3. The Labute approximate surface area is 111 Å². The second kappa shape index (κ2) is 6.12. The highest BCUT2D eigenvalue weighted by molar-refractivity contribution is 5.73. The first-order valence-electron chi connectivity index (χ1n) is 6.46. The smallest absolute Gasteiger partial charge is 0.320 e. The van der Waals surface area contributed by atoms with Gasteiger partial charge < -0.3 is 9.84 Å². The zero-order valence-electron chi connectivity index (χ0n) is 10.9. The molecule has 0 saturated carbocycles. The molecule has 1 aromatic carbocycles. The number of hydrogen-bond donors (Lipinski definition) is 1. The predicted octanol–water partition coefficient (Wildman–Crippen LogP) is 2.06. The van der Waals surface area contributed by atoms with Crippen LogP contribution in [0, 0.1) is 5.82 Å². The van der Waals surface area contributed by atoms with Gasteiger partial charge in [-0.3, -0.25) is 9.69 Å². The summed E-state index contributed by atoms with van der Waals surface area (Å²) < 4.78 is 19.3. The molecule has 1 fully saturated rings. The summed E-state index contributed by atoms with van der Waals surface area (Å²) >= 11 is 0. The van der Waals surface area contributed by atoms with Crippen LogP contribution in [0.15, 0.2) is 24.3 Å². The summed E-state index contributed by atoms with van der Waals surface area (Å²) in [4.78, 5) is 13.0. The van der Waals surface area contributed by atoms with Crippen LogP contribution in [0.3, 0.4) is 0 Å². The second-order valence-corrected chi connectivity index (χ2v) is 4.64. The Balaban J connectivity index is 2.13. The number of nitrogens with zero attached hydrogens (tertiary/aromatic N) is 1. The van der Waals surface area contributed by atoms with E-state index >= 15 is 0 Å². The first-order chi connectivity index (χ1) is 9.13. The van der Waals surface area contributed by atoms with Crippen LogP contribution in [-0.4, -0.2) is 41.7 Å². The van der Waals surface area contributed by atoms with Gasteiger partial charge in [-0.15, -0.1) is 0 Å². The number of halogens is 1. The molecule has 4 nitrogen and oxygen atoms in total. The summed E-state index contributed by atoms with van der Waals surface area (Å²) in [7, 11) is 0. The van der Waals surface area contributed by atoms with Crippen LogP contribution in [0.1, 0.15) is 25.0 Å². The molecule has 0 aliphatic carbocycles. The van der Waals surface area contributed by atoms with Gasteiger partial charge in [0.15, 0.2) is 0 Å². The van der Waals surface area contributed by atoms with Crippen molar-refractivity contribution < 1.29 is 19.0 Å². The van der Waals surface area contributed by atoms with Crippen molar-refractivity contribution in [3.05, 3.63) is 35.6 Å². The number of carboxylic acid groups (broad SMARTS) is 1. The van der Waals surface area contributed by atoms with Gasteiger partial charge in [-0.2, -0.15) is 0 Å². The van der Waals surface area contributed by atoms with Crippen LogP contribution in [-0.2, 0) is 9.53 Å². The molecule has 0 spiro atoms. The Morgan fingerprint density at radius 3 is 2.95 bits per heavy atom.